The second-order valence-corrected chi connectivity index (χ2v) is 11.1. The molecule has 2 aromatic rings. The molecule has 3 rings (SSSR count). The van der Waals surface area contributed by atoms with E-state index in [4.69, 9.17) is 17.0 Å². The second kappa shape index (κ2) is 10.7. The molecule has 10 heteroatoms. The third kappa shape index (κ3) is 6.50. The molecule has 1 aliphatic rings. The van der Waals surface area contributed by atoms with Crippen molar-refractivity contribution >= 4 is 54.9 Å². The quantitative estimate of drug-likeness (QED) is 0.538. The van der Waals surface area contributed by atoms with Crippen LogP contribution in [0.3, 0.4) is 0 Å². The van der Waals surface area contributed by atoms with Crippen molar-refractivity contribution in [2.45, 2.75) is 31.6 Å². The fourth-order valence-corrected chi connectivity index (χ4v) is 5.50. The van der Waals surface area contributed by atoms with Crippen molar-refractivity contribution in [1.29, 1.82) is 0 Å². The van der Waals surface area contributed by atoms with Gasteiger partial charge >= 0.3 is 0 Å². The summed E-state index contributed by atoms with van der Waals surface area (Å²) in [4.78, 5) is 12.4. The molecule has 1 saturated heterocycles. The number of halogens is 1. The highest BCUT2D eigenvalue weighted by Crippen LogP contribution is 2.24. The number of thiocarbonyl (C=S) groups is 1. The van der Waals surface area contributed by atoms with Gasteiger partial charge in [0.05, 0.1) is 4.90 Å². The van der Waals surface area contributed by atoms with Gasteiger partial charge in [-0.25, -0.2) is 8.42 Å². The first kappa shape index (κ1) is 24.6. The number of piperidine rings is 1. The predicted octanol–water partition coefficient (Wildman–Crippen LogP) is 4.07. The van der Waals surface area contributed by atoms with Gasteiger partial charge in [-0.15, -0.1) is 0 Å². The third-order valence-electron chi connectivity index (χ3n) is 5.24. The third-order valence-corrected chi connectivity index (χ3v) is 7.85. The van der Waals surface area contributed by atoms with Gasteiger partial charge in [-0.2, -0.15) is 4.31 Å². The number of nitrogens with zero attached hydrogens (tertiary/aromatic N) is 1. The van der Waals surface area contributed by atoms with Crippen LogP contribution >= 0.6 is 28.1 Å². The van der Waals surface area contributed by atoms with E-state index in [9.17, 15) is 13.2 Å². The van der Waals surface area contributed by atoms with E-state index in [0.717, 1.165) is 22.9 Å². The number of rotatable bonds is 6. The van der Waals surface area contributed by atoms with Gasteiger partial charge in [0.1, 0.15) is 5.75 Å². The largest absolute Gasteiger partial charge is 0.483 e. The molecule has 2 N–H and O–H groups in total. The van der Waals surface area contributed by atoms with Gasteiger partial charge in [-0.3, -0.25) is 10.1 Å². The van der Waals surface area contributed by atoms with Gasteiger partial charge in [0.25, 0.3) is 5.91 Å². The Bertz CT molecular complexity index is 1080. The summed E-state index contributed by atoms with van der Waals surface area (Å²) in [7, 11) is -3.51. The summed E-state index contributed by atoms with van der Waals surface area (Å²) >= 11 is 8.56. The Kier molecular flexibility index (Phi) is 8.26. The Morgan fingerprint density at radius 2 is 1.84 bits per heavy atom. The number of carbonyl (C=O) groups is 1. The lowest BCUT2D eigenvalue weighted by Crippen LogP contribution is -2.38. The summed E-state index contributed by atoms with van der Waals surface area (Å²) in [6.07, 6.45) is 1.75. The number of carbonyl (C=O) groups excluding carboxylic acids is 1. The standard InChI is InChI=1S/C22H26BrN3O4S2/c1-15-9-11-26(12-10-15)32(28,29)19-6-4-18(5-7-19)24-22(31)25-21(27)14-30-20-8-3-17(23)13-16(20)2/h3-8,13,15H,9-12,14H2,1-2H3,(H2,24,25,27,31). The molecule has 2 aromatic carbocycles. The maximum atomic E-state index is 12.8. The lowest BCUT2D eigenvalue weighted by atomic mass is 10.0. The number of ether oxygens (including phenoxy) is 1. The minimum atomic E-state index is -3.51. The van der Waals surface area contributed by atoms with Gasteiger partial charge in [-0.1, -0.05) is 22.9 Å². The summed E-state index contributed by atoms with van der Waals surface area (Å²) in [6.45, 7) is 4.93. The van der Waals surface area contributed by atoms with Crippen LogP contribution in [0.1, 0.15) is 25.3 Å². The van der Waals surface area contributed by atoms with Crippen LogP contribution < -0.4 is 15.4 Å². The van der Waals surface area contributed by atoms with Crippen LogP contribution in [0, 0.1) is 12.8 Å². The molecule has 0 spiro atoms. The van der Waals surface area contributed by atoms with E-state index in [-0.39, 0.29) is 16.6 Å². The Morgan fingerprint density at radius 1 is 1.19 bits per heavy atom. The number of amides is 1. The molecule has 0 aliphatic carbocycles. The minimum Gasteiger partial charge on any atom is -0.483 e. The Balaban J connectivity index is 1.51. The molecule has 0 unspecified atom stereocenters. The predicted molar refractivity (Wildman–Crippen MR) is 132 cm³/mol. The molecular weight excluding hydrogens is 514 g/mol. The Morgan fingerprint density at radius 3 is 2.47 bits per heavy atom. The van der Waals surface area contributed by atoms with E-state index < -0.39 is 15.9 Å². The molecule has 1 heterocycles. The van der Waals surface area contributed by atoms with E-state index in [1.54, 1.807) is 30.3 Å². The lowest BCUT2D eigenvalue weighted by molar-refractivity contribution is -0.121. The monoisotopic (exact) mass is 539 g/mol. The first-order valence-electron chi connectivity index (χ1n) is 10.2. The van der Waals surface area contributed by atoms with Crippen LogP contribution in [0.25, 0.3) is 0 Å². The summed E-state index contributed by atoms with van der Waals surface area (Å²) < 4.78 is 33.6. The molecule has 1 fully saturated rings. The SMILES string of the molecule is Cc1cc(Br)ccc1OCC(=O)NC(=S)Nc1ccc(S(=O)(=O)N2CCC(C)CC2)cc1. The number of hydrogen-bond acceptors (Lipinski definition) is 5. The molecule has 0 radical (unpaired) electrons. The average Bonchev–Trinajstić information content (AvgIpc) is 2.73. The molecular formula is C22H26BrN3O4S2. The van der Waals surface area contributed by atoms with E-state index in [1.807, 2.05) is 19.1 Å². The Labute approximate surface area is 202 Å². The van der Waals surface area contributed by atoms with Crippen LogP contribution in [0.5, 0.6) is 5.75 Å². The zero-order chi connectivity index (χ0) is 23.3. The maximum Gasteiger partial charge on any atom is 0.264 e. The van der Waals surface area contributed by atoms with Crippen molar-refractivity contribution in [2.24, 2.45) is 5.92 Å². The zero-order valence-corrected chi connectivity index (χ0v) is 21.1. The normalized spacial score (nSPS) is 15.2. The molecule has 1 amide bonds. The van der Waals surface area contributed by atoms with Crippen molar-refractivity contribution in [3.05, 3.63) is 52.5 Å². The topological polar surface area (TPSA) is 87.7 Å². The molecule has 7 nitrogen and oxygen atoms in total. The number of sulfonamides is 1. The van der Waals surface area contributed by atoms with E-state index in [0.29, 0.717) is 30.4 Å². The van der Waals surface area contributed by atoms with Crippen LogP contribution in [0.2, 0.25) is 0 Å². The fraction of sp³-hybridized carbons (Fsp3) is 0.364. The number of nitrogens with one attached hydrogen (secondary N) is 2. The van der Waals surface area contributed by atoms with Gasteiger partial charge in [0, 0.05) is 23.2 Å². The van der Waals surface area contributed by atoms with Crippen molar-refractivity contribution in [1.82, 2.24) is 9.62 Å². The zero-order valence-electron chi connectivity index (χ0n) is 17.9. The second-order valence-electron chi connectivity index (χ2n) is 7.81. The van der Waals surface area contributed by atoms with Crippen molar-refractivity contribution < 1.29 is 17.9 Å². The number of aryl methyl sites for hydroxylation is 1. The van der Waals surface area contributed by atoms with Crippen molar-refractivity contribution in [3.8, 4) is 5.75 Å². The van der Waals surface area contributed by atoms with E-state index >= 15 is 0 Å². The average molecular weight is 541 g/mol. The van der Waals surface area contributed by atoms with Crippen molar-refractivity contribution in [2.75, 3.05) is 25.0 Å². The van der Waals surface area contributed by atoms with Crippen LogP contribution in [0.4, 0.5) is 5.69 Å². The highest BCUT2D eigenvalue weighted by atomic mass is 79.9. The van der Waals surface area contributed by atoms with Gasteiger partial charge in [0.15, 0.2) is 11.7 Å². The summed E-state index contributed by atoms with van der Waals surface area (Å²) in [5.74, 6) is 0.763. The molecule has 1 aliphatic heterocycles. The van der Waals surface area contributed by atoms with Crippen molar-refractivity contribution in [3.63, 3.8) is 0 Å². The molecule has 32 heavy (non-hydrogen) atoms. The minimum absolute atomic E-state index is 0.103. The Hall–Kier alpha value is -2.01. The maximum absolute atomic E-state index is 12.8. The number of anilines is 1. The fourth-order valence-electron chi connectivity index (χ4n) is 3.33. The molecule has 0 saturated carbocycles. The summed E-state index contributed by atoms with van der Waals surface area (Å²) in [6, 6.07) is 11.8. The molecule has 0 aromatic heterocycles. The number of benzene rings is 2. The van der Waals surface area contributed by atoms with Crippen LogP contribution in [-0.4, -0.2) is 43.4 Å². The smallest absolute Gasteiger partial charge is 0.264 e. The molecule has 172 valence electrons. The highest BCUT2D eigenvalue weighted by molar-refractivity contribution is 9.10. The summed E-state index contributed by atoms with van der Waals surface area (Å²) in [5.41, 5.74) is 1.48. The highest BCUT2D eigenvalue weighted by Gasteiger charge is 2.27. The molecule has 0 atom stereocenters. The van der Waals surface area contributed by atoms with Gasteiger partial charge in [-0.05, 0) is 85.9 Å². The van der Waals surface area contributed by atoms with Gasteiger partial charge < -0.3 is 10.1 Å². The van der Waals surface area contributed by atoms with Crippen LogP contribution in [-0.2, 0) is 14.8 Å². The van der Waals surface area contributed by atoms with Crippen LogP contribution in [0.15, 0.2) is 51.8 Å². The molecule has 0 bridgehead atoms. The summed E-state index contributed by atoms with van der Waals surface area (Å²) in [5, 5.41) is 5.54. The lowest BCUT2D eigenvalue weighted by Gasteiger charge is -2.29. The first-order chi connectivity index (χ1) is 15.1. The van der Waals surface area contributed by atoms with Gasteiger partial charge in [0.2, 0.25) is 10.0 Å². The van der Waals surface area contributed by atoms with E-state index in [1.165, 1.54) is 4.31 Å². The number of hydrogen-bond donors (Lipinski definition) is 2. The first-order valence-corrected chi connectivity index (χ1v) is 12.9. The van der Waals surface area contributed by atoms with E-state index in [2.05, 4.69) is 33.5 Å².